The zero-order valence-corrected chi connectivity index (χ0v) is 13.9. The van der Waals surface area contributed by atoms with E-state index in [1.165, 1.54) is 0 Å². The van der Waals surface area contributed by atoms with Crippen LogP contribution in [0.1, 0.15) is 37.0 Å². The molecule has 2 rings (SSSR count). The Labute approximate surface area is 137 Å². The summed E-state index contributed by atoms with van der Waals surface area (Å²) in [6, 6.07) is 3.57. The van der Waals surface area contributed by atoms with Crippen molar-refractivity contribution in [1.82, 2.24) is 15.2 Å². The Morgan fingerprint density at radius 3 is 2.74 bits per heavy atom. The highest BCUT2D eigenvalue weighted by atomic mass is 16.2. The Kier molecular flexibility index (Phi) is 6.32. The van der Waals surface area contributed by atoms with E-state index < -0.39 is 0 Å². The van der Waals surface area contributed by atoms with Gasteiger partial charge in [0, 0.05) is 32.0 Å². The Balaban J connectivity index is 1.74. The summed E-state index contributed by atoms with van der Waals surface area (Å²) in [6.07, 6.45) is 8.60. The molecule has 5 nitrogen and oxygen atoms in total. The normalized spacial score (nSPS) is 16.0. The molecule has 1 fully saturated rings. The zero-order chi connectivity index (χ0) is 16.7. The molecule has 0 aliphatic carbocycles. The summed E-state index contributed by atoms with van der Waals surface area (Å²) in [4.78, 5) is 29.9. The lowest BCUT2D eigenvalue weighted by atomic mass is 9.96. The first-order valence-corrected chi connectivity index (χ1v) is 8.21. The fraction of sp³-hybridized carbons (Fsp3) is 0.500. The fourth-order valence-electron chi connectivity index (χ4n) is 2.60. The Hall–Kier alpha value is -2.17. The molecule has 0 aromatic carbocycles. The highest BCUT2D eigenvalue weighted by Crippen LogP contribution is 2.18. The molecule has 5 heteroatoms. The van der Waals surface area contributed by atoms with Crippen molar-refractivity contribution in [1.29, 1.82) is 0 Å². The number of aromatic nitrogens is 1. The van der Waals surface area contributed by atoms with Crippen molar-refractivity contribution < 1.29 is 9.59 Å². The molecule has 0 radical (unpaired) electrons. The number of rotatable bonds is 5. The molecule has 1 aromatic rings. The maximum Gasteiger partial charge on any atom is 0.255 e. The van der Waals surface area contributed by atoms with Gasteiger partial charge >= 0.3 is 0 Å². The predicted octanol–water partition coefficient (Wildman–Crippen LogP) is 2.26. The van der Waals surface area contributed by atoms with E-state index in [2.05, 4.69) is 10.3 Å². The lowest BCUT2D eigenvalue weighted by Gasteiger charge is -2.32. The monoisotopic (exact) mass is 315 g/mol. The van der Waals surface area contributed by atoms with Crippen LogP contribution in [0.5, 0.6) is 0 Å². The second-order valence-electron chi connectivity index (χ2n) is 6.33. The Morgan fingerprint density at radius 2 is 2.13 bits per heavy atom. The summed E-state index contributed by atoms with van der Waals surface area (Å²) in [5, 5.41) is 2.94. The van der Waals surface area contributed by atoms with Crippen molar-refractivity contribution in [3.05, 3.63) is 42.2 Å². The first kappa shape index (κ1) is 17.2. The summed E-state index contributed by atoms with van der Waals surface area (Å²) in [7, 11) is 0. The SMILES string of the molecule is CC(C)/C=C/C(=O)NCC1CCN(C(=O)c2cccnc2)CC1. The molecular weight excluding hydrogens is 290 g/mol. The van der Waals surface area contributed by atoms with Crippen LogP contribution in [0.2, 0.25) is 0 Å². The largest absolute Gasteiger partial charge is 0.352 e. The van der Waals surface area contributed by atoms with Gasteiger partial charge in [-0.1, -0.05) is 19.9 Å². The average molecular weight is 315 g/mol. The van der Waals surface area contributed by atoms with E-state index in [-0.39, 0.29) is 11.8 Å². The third kappa shape index (κ3) is 5.51. The van der Waals surface area contributed by atoms with E-state index in [0.29, 0.717) is 23.9 Å². The number of hydrogen-bond donors (Lipinski definition) is 1. The highest BCUT2D eigenvalue weighted by molar-refractivity contribution is 5.93. The highest BCUT2D eigenvalue weighted by Gasteiger charge is 2.23. The Bertz CT molecular complexity index is 547. The molecule has 124 valence electrons. The minimum Gasteiger partial charge on any atom is -0.352 e. The van der Waals surface area contributed by atoms with Gasteiger partial charge in [0.2, 0.25) is 5.91 Å². The number of pyridine rings is 1. The molecule has 2 heterocycles. The molecule has 1 aromatic heterocycles. The van der Waals surface area contributed by atoms with Crippen LogP contribution in [0, 0.1) is 11.8 Å². The fourth-order valence-corrected chi connectivity index (χ4v) is 2.60. The van der Waals surface area contributed by atoms with Crippen LogP contribution in [0.3, 0.4) is 0 Å². The summed E-state index contributed by atoms with van der Waals surface area (Å²) in [5.41, 5.74) is 0.637. The molecule has 23 heavy (non-hydrogen) atoms. The van der Waals surface area contributed by atoms with Gasteiger partial charge in [0.25, 0.3) is 5.91 Å². The van der Waals surface area contributed by atoms with Crippen LogP contribution in [0.15, 0.2) is 36.7 Å². The third-order valence-corrected chi connectivity index (χ3v) is 4.01. The molecule has 0 saturated carbocycles. The van der Waals surface area contributed by atoms with Crippen LogP contribution in [-0.4, -0.2) is 41.3 Å². The molecule has 1 aliphatic rings. The molecule has 0 atom stereocenters. The minimum atomic E-state index is -0.0347. The molecule has 2 amide bonds. The van der Waals surface area contributed by atoms with Crippen LogP contribution in [0.4, 0.5) is 0 Å². The number of amides is 2. The summed E-state index contributed by atoms with van der Waals surface area (Å²) in [6.45, 7) is 6.22. The van der Waals surface area contributed by atoms with Gasteiger partial charge in [-0.3, -0.25) is 14.6 Å². The maximum atomic E-state index is 12.3. The zero-order valence-electron chi connectivity index (χ0n) is 13.9. The average Bonchev–Trinajstić information content (AvgIpc) is 2.58. The third-order valence-electron chi connectivity index (χ3n) is 4.01. The van der Waals surface area contributed by atoms with Gasteiger partial charge in [0.1, 0.15) is 0 Å². The first-order chi connectivity index (χ1) is 11.1. The van der Waals surface area contributed by atoms with E-state index in [1.54, 1.807) is 30.6 Å². The van der Waals surface area contributed by atoms with Crippen molar-refractivity contribution in [3.63, 3.8) is 0 Å². The van der Waals surface area contributed by atoms with E-state index in [1.807, 2.05) is 24.8 Å². The molecule has 0 bridgehead atoms. The molecule has 1 N–H and O–H groups in total. The van der Waals surface area contributed by atoms with Crippen molar-refractivity contribution in [2.75, 3.05) is 19.6 Å². The second-order valence-corrected chi connectivity index (χ2v) is 6.33. The number of carbonyl (C=O) groups is 2. The van der Waals surface area contributed by atoms with Crippen LogP contribution < -0.4 is 5.32 Å². The van der Waals surface area contributed by atoms with Crippen molar-refractivity contribution >= 4 is 11.8 Å². The van der Waals surface area contributed by atoms with Gasteiger partial charge in [-0.05, 0) is 42.9 Å². The van der Waals surface area contributed by atoms with Crippen LogP contribution in [0.25, 0.3) is 0 Å². The molecule has 1 saturated heterocycles. The second kappa shape index (κ2) is 8.46. The number of allylic oxidation sites excluding steroid dienone is 1. The lowest BCUT2D eigenvalue weighted by molar-refractivity contribution is -0.116. The first-order valence-electron chi connectivity index (χ1n) is 8.21. The van der Waals surface area contributed by atoms with Crippen molar-refractivity contribution in [3.8, 4) is 0 Å². The Morgan fingerprint density at radius 1 is 1.39 bits per heavy atom. The standard InChI is InChI=1S/C18H25N3O2/c1-14(2)5-6-17(22)20-12-15-7-10-21(11-8-15)18(23)16-4-3-9-19-13-16/h3-6,9,13-15H,7-8,10-12H2,1-2H3,(H,20,22)/b6-5+. The number of hydrogen-bond acceptors (Lipinski definition) is 3. The topological polar surface area (TPSA) is 62.3 Å². The van der Waals surface area contributed by atoms with Crippen molar-refractivity contribution in [2.24, 2.45) is 11.8 Å². The van der Waals surface area contributed by atoms with Gasteiger partial charge in [0.15, 0.2) is 0 Å². The van der Waals surface area contributed by atoms with Crippen LogP contribution >= 0.6 is 0 Å². The van der Waals surface area contributed by atoms with E-state index in [0.717, 1.165) is 25.9 Å². The van der Waals surface area contributed by atoms with Crippen molar-refractivity contribution in [2.45, 2.75) is 26.7 Å². The minimum absolute atomic E-state index is 0.0347. The van der Waals surface area contributed by atoms with Gasteiger partial charge in [0.05, 0.1) is 5.56 Å². The van der Waals surface area contributed by atoms with Gasteiger partial charge in [-0.2, -0.15) is 0 Å². The lowest BCUT2D eigenvalue weighted by Crippen LogP contribution is -2.41. The van der Waals surface area contributed by atoms with E-state index >= 15 is 0 Å². The van der Waals surface area contributed by atoms with Gasteiger partial charge in [-0.15, -0.1) is 0 Å². The molecule has 0 spiro atoms. The summed E-state index contributed by atoms with van der Waals surface area (Å²) in [5.74, 6) is 0.819. The molecule has 0 unspecified atom stereocenters. The maximum absolute atomic E-state index is 12.3. The number of piperidine rings is 1. The quantitative estimate of drug-likeness (QED) is 0.848. The molecular formula is C18H25N3O2. The number of nitrogens with one attached hydrogen (secondary N) is 1. The van der Waals surface area contributed by atoms with Gasteiger partial charge < -0.3 is 10.2 Å². The van der Waals surface area contributed by atoms with Gasteiger partial charge in [-0.25, -0.2) is 0 Å². The molecule has 1 aliphatic heterocycles. The summed E-state index contributed by atoms with van der Waals surface area (Å²) < 4.78 is 0. The smallest absolute Gasteiger partial charge is 0.255 e. The number of carbonyl (C=O) groups excluding carboxylic acids is 2. The summed E-state index contributed by atoms with van der Waals surface area (Å²) >= 11 is 0. The number of likely N-dealkylation sites (tertiary alicyclic amines) is 1. The van der Waals surface area contributed by atoms with Crippen LogP contribution in [-0.2, 0) is 4.79 Å². The van der Waals surface area contributed by atoms with E-state index in [9.17, 15) is 9.59 Å². The predicted molar refractivity (Wildman–Crippen MR) is 89.9 cm³/mol. The number of nitrogens with zero attached hydrogens (tertiary/aromatic N) is 2. The van der Waals surface area contributed by atoms with E-state index in [4.69, 9.17) is 0 Å².